The highest BCUT2D eigenvalue weighted by atomic mass is 19.4. The molecule has 5 aromatic rings. The van der Waals surface area contributed by atoms with Crippen molar-refractivity contribution in [2.75, 3.05) is 19.7 Å². The molecule has 0 amide bonds. The van der Waals surface area contributed by atoms with Crippen LogP contribution in [0.2, 0.25) is 0 Å². The molecule has 244 valence electrons. The minimum absolute atomic E-state index is 0.0758. The van der Waals surface area contributed by atoms with Crippen LogP contribution in [0.15, 0.2) is 53.3 Å². The van der Waals surface area contributed by atoms with Gasteiger partial charge < -0.3 is 23.3 Å². The van der Waals surface area contributed by atoms with Crippen LogP contribution >= 0.6 is 0 Å². The number of fused-ring (bicyclic) bond motifs is 2. The number of nitrogens with zero attached hydrogens (tertiary/aromatic N) is 7. The van der Waals surface area contributed by atoms with Crippen LogP contribution in [-0.2, 0) is 29.8 Å². The molecule has 1 aromatic carbocycles. The number of para-hydroxylation sites is 1. The van der Waals surface area contributed by atoms with E-state index >= 15 is 0 Å². The van der Waals surface area contributed by atoms with Crippen LogP contribution in [0, 0.1) is 6.92 Å². The Morgan fingerprint density at radius 3 is 2.53 bits per heavy atom. The molecule has 7 heterocycles. The summed E-state index contributed by atoms with van der Waals surface area (Å²) in [5.41, 5.74) is 4.47. The standard InChI is InChI=1S/C33H32F3N7O4/c1-19-6-7-21(15-37-19)32(2)45-27-5-3-4-23(29(27)46-32)20-8-11-42(12-9-20)18-28-39-24-14-25(30-40-31(47-41-30)33(34,35)36)38-16-26(24)43(28)17-22-10-13-44-22/h3-7,14-16,20,22H,8-13,17-18H2,1-2H3/t22-,32?/m0/s1. The van der Waals surface area contributed by atoms with E-state index in [-0.39, 0.29) is 17.6 Å². The van der Waals surface area contributed by atoms with Gasteiger partial charge in [-0.3, -0.25) is 14.9 Å². The lowest BCUT2D eigenvalue weighted by atomic mass is 9.88. The number of hydrogen-bond donors (Lipinski definition) is 0. The van der Waals surface area contributed by atoms with E-state index in [1.165, 1.54) is 0 Å². The van der Waals surface area contributed by atoms with Gasteiger partial charge in [0.1, 0.15) is 11.5 Å². The molecular weight excluding hydrogens is 615 g/mol. The largest absolute Gasteiger partial charge is 0.471 e. The van der Waals surface area contributed by atoms with Gasteiger partial charge in [0.25, 0.3) is 5.79 Å². The van der Waals surface area contributed by atoms with Crippen molar-refractivity contribution in [3.8, 4) is 23.0 Å². The van der Waals surface area contributed by atoms with Crippen molar-refractivity contribution < 1.29 is 31.9 Å². The Labute approximate surface area is 267 Å². The monoisotopic (exact) mass is 647 g/mol. The van der Waals surface area contributed by atoms with Crippen LogP contribution in [-0.4, -0.2) is 60.4 Å². The molecule has 2 fully saturated rings. The second-order valence-corrected chi connectivity index (χ2v) is 12.5. The first kappa shape index (κ1) is 29.8. The number of rotatable bonds is 7. The van der Waals surface area contributed by atoms with E-state index in [2.05, 4.69) is 40.2 Å². The number of aryl methyl sites for hydroxylation is 1. The van der Waals surface area contributed by atoms with Gasteiger partial charge in [0.05, 0.1) is 42.0 Å². The zero-order chi connectivity index (χ0) is 32.3. The molecule has 0 saturated carbocycles. The summed E-state index contributed by atoms with van der Waals surface area (Å²) in [6.45, 7) is 7.52. The van der Waals surface area contributed by atoms with E-state index in [4.69, 9.17) is 19.2 Å². The number of halogens is 3. The highest BCUT2D eigenvalue weighted by Gasteiger charge is 2.42. The predicted octanol–water partition coefficient (Wildman–Crippen LogP) is 6.02. The number of aromatic nitrogens is 6. The van der Waals surface area contributed by atoms with Crippen molar-refractivity contribution in [3.05, 3.63) is 77.3 Å². The van der Waals surface area contributed by atoms with Crippen molar-refractivity contribution in [2.45, 2.75) is 70.2 Å². The second kappa shape index (κ2) is 11.3. The number of pyridine rings is 2. The third kappa shape index (κ3) is 5.58. The summed E-state index contributed by atoms with van der Waals surface area (Å²) >= 11 is 0. The van der Waals surface area contributed by atoms with Gasteiger partial charge in [-0.1, -0.05) is 17.3 Å². The quantitative estimate of drug-likeness (QED) is 0.208. The van der Waals surface area contributed by atoms with Crippen molar-refractivity contribution in [1.82, 2.24) is 34.6 Å². The minimum Gasteiger partial charge on any atom is -0.444 e. The lowest BCUT2D eigenvalue weighted by molar-refractivity contribution is -0.159. The lowest BCUT2D eigenvalue weighted by Crippen LogP contribution is -2.35. The van der Waals surface area contributed by atoms with Gasteiger partial charge in [0.15, 0.2) is 11.5 Å². The molecule has 4 aromatic heterocycles. The van der Waals surface area contributed by atoms with Crippen molar-refractivity contribution >= 4 is 11.0 Å². The SMILES string of the molecule is Cc1ccc(C2(C)Oc3cccc(C4CCN(Cc5nc6cc(-c7noc(C(F)(F)F)n7)ncc6n5C[C@@H]5CCO5)CC4)c3O2)cn1. The number of ether oxygens (including phenoxy) is 3. The van der Waals surface area contributed by atoms with Gasteiger partial charge in [-0.15, -0.1) is 0 Å². The summed E-state index contributed by atoms with van der Waals surface area (Å²) in [6, 6.07) is 11.7. The Morgan fingerprint density at radius 1 is 1.00 bits per heavy atom. The molecule has 0 aliphatic carbocycles. The zero-order valence-electron chi connectivity index (χ0n) is 25.8. The highest BCUT2D eigenvalue weighted by Crippen LogP contribution is 2.49. The maximum absolute atomic E-state index is 13.0. The molecule has 3 aliphatic heterocycles. The first-order chi connectivity index (χ1) is 22.6. The van der Waals surface area contributed by atoms with Gasteiger partial charge in [0, 0.05) is 31.0 Å². The molecule has 1 unspecified atom stereocenters. The summed E-state index contributed by atoms with van der Waals surface area (Å²) in [4.78, 5) is 19.6. The van der Waals surface area contributed by atoms with E-state index in [1.54, 1.807) is 18.5 Å². The van der Waals surface area contributed by atoms with Gasteiger partial charge >= 0.3 is 12.1 Å². The average Bonchev–Trinajstić information content (AvgIpc) is 3.75. The number of likely N-dealkylation sites (tertiary alicyclic amines) is 1. The van der Waals surface area contributed by atoms with Crippen molar-refractivity contribution in [3.63, 3.8) is 0 Å². The van der Waals surface area contributed by atoms with Crippen LogP contribution in [0.4, 0.5) is 13.2 Å². The van der Waals surface area contributed by atoms with Crippen molar-refractivity contribution in [1.29, 1.82) is 0 Å². The fraction of sp³-hybridized carbons (Fsp3) is 0.424. The normalized spacial score (nSPS) is 21.8. The number of imidazole rings is 1. The Morgan fingerprint density at radius 2 is 1.83 bits per heavy atom. The van der Waals surface area contributed by atoms with E-state index < -0.39 is 17.9 Å². The van der Waals surface area contributed by atoms with Gasteiger partial charge in [-0.05, 0) is 69.5 Å². The lowest BCUT2D eigenvalue weighted by Gasteiger charge is -2.33. The number of benzene rings is 1. The van der Waals surface area contributed by atoms with Crippen LogP contribution in [0.1, 0.15) is 60.6 Å². The summed E-state index contributed by atoms with van der Waals surface area (Å²) < 4.78 is 64.2. The summed E-state index contributed by atoms with van der Waals surface area (Å²) in [5.74, 6) is 0.0838. The molecule has 3 aliphatic rings. The second-order valence-electron chi connectivity index (χ2n) is 12.5. The maximum Gasteiger partial charge on any atom is 0.471 e. The zero-order valence-corrected chi connectivity index (χ0v) is 25.8. The first-order valence-electron chi connectivity index (χ1n) is 15.7. The highest BCUT2D eigenvalue weighted by molar-refractivity contribution is 5.78. The number of hydrogen-bond acceptors (Lipinski definition) is 10. The van der Waals surface area contributed by atoms with E-state index in [1.807, 2.05) is 38.1 Å². The topological polar surface area (TPSA) is 113 Å². The van der Waals surface area contributed by atoms with E-state index in [0.29, 0.717) is 24.5 Å². The minimum atomic E-state index is -4.73. The van der Waals surface area contributed by atoms with Crippen LogP contribution in [0.3, 0.4) is 0 Å². The number of piperidine rings is 1. The van der Waals surface area contributed by atoms with Crippen LogP contribution < -0.4 is 9.47 Å². The van der Waals surface area contributed by atoms with Gasteiger partial charge in [-0.25, -0.2) is 4.98 Å². The summed E-state index contributed by atoms with van der Waals surface area (Å²) in [7, 11) is 0. The van der Waals surface area contributed by atoms with E-state index in [9.17, 15) is 13.2 Å². The van der Waals surface area contributed by atoms with Crippen LogP contribution in [0.5, 0.6) is 11.5 Å². The Bertz CT molecular complexity index is 1930. The average molecular weight is 648 g/mol. The molecular formula is C33H32F3N7O4. The van der Waals surface area contributed by atoms with Gasteiger partial charge in [-0.2, -0.15) is 18.2 Å². The molecule has 47 heavy (non-hydrogen) atoms. The molecule has 2 saturated heterocycles. The molecule has 0 spiro atoms. The Hall–Kier alpha value is -4.56. The predicted molar refractivity (Wildman–Crippen MR) is 161 cm³/mol. The third-order valence-electron chi connectivity index (χ3n) is 9.23. The summed E-state index contributed by atoms with van der Waals surface area (Å²) in [5, 5.41) is 3.48. The fourth-order valence-corrected chi connectivity index (χ4v) is 6.52. The Kier molecular flexibility index (Phi) is 7.17. The third-order valence-corrected chi connectivity index (χ3v) is 9.23. The summed E-state index contributed by atoms with van der Waals surface area (Å²) in [6.07, 6.45) is 1.56. The van der Waals surface area contributed by atoms with E-state index in [0.717, 1.165) is 78.6 Å². The Balaban J connectivity index is 0.996. The molecule has 0 N–H and O–H groups in total. The first-order valence-corrected chi connectivity index (χ1v) is 15.7. The smallest absolute Gasteiger partial charge is 0.444 e. The molecule has 14 heteroatoms. The molecule has 8 rings (SSSR count). The molecule has 2 atom stereocenters. The molecule has 0 radical (unpaired) electrons. The molecule has 0 bridgehead atoms. The van der Waals surface area contributed by atoms with Gasteiger partial charge in [0.2, 0.25) is 5.82 Å². The molecule has 11 nitrogen and oxygen atoms in total. The number of alkyl halides is 3. The van der Waals surface area contributed by atoms with Crippen molar-refractivity contribution in [2.24, 2.45) is 0 Å². The maximum atomic E-state index is 13.0. The fourth-order valence-electron chi connectivity index (χ4n) is 6.52. The van der Waals surface area contributed by atoms with Crippen LogP contribution in [0.25, 0.3) is 22.6 Å².